The Morgan fingerprint density at radius 3 is 2.53 bits per heavy atom. The minimum absolute atomic E-state index is 0.370. The highest BCUT2D eigenvalue weighted by Crippen LogP contribution is 2.34. The van der Waals surface area contributed by atoms with E-state index in [-0.39, 0.29) is 0 Å². The Balaban J connectivity index is 2.06. The molecule has 1 aromatic rings. The van der Waals surface area contributed by atoms with Gasteiger partial charge in [0.2, 0.25) is 0 Å². The molecule has 0 unspecified atom stereocenters. The second-order valence-corrected chi connectivity index (χ2v) is 5.56. The topological polar surface area (TPSA) is 15.3 Å². The van der Waals surface area contributed by atoms with Crippen molar-refractivity contribution in [1.82, 2.24) is 10.2 Å². The fraction of sp³-hybridized carbons (Fsp3) is 0.538. The highest BCUT2D eigenvalue weighted by Gasteiger charge is 2.33. The number of halogens is 4. The lowest BCUT2D eigenvalue weighted by molar-refractivity contribution is -0.138. The van der Waals surface area contributed by atoms with Crippen molar-refractivity contribution in [3.63, 3.8) is 0 Å². The summed E-state index contributed by atoms with van der Waals surface area (Å²) >= 11 is 3.10. The predicted octanol–water partition coefficient (Wildman–Crippen LogP) is 2.92. The maximum Gasteiger partial charge on any atom is 0.416 e. The van der Waals surface area contributed by atoms with Gasteiger partial charge in [-0.05, 0) is 24.1 Å². The molecule has 0 aliphatic carbocycles. The molecule has 106 valence electrons. The van der Waals surface area contributed by atoms with E-state index in [1.54, 1.807) is 12.1 Å². The quantitative estimate of drug-likeness (QED) is 0.912. The first-order valence-corrected chi connectivity index (χ1v) is 7.05. The lowest BCUT2D eigenvalue weighted by atomic mass is 10.0. The predicted molar refractivity (Wildman–Crippen MR) is 72.2 cm³/mol. The van der Waals surface area contributed by atoms with E-state index in [4.69, 9.17) is 0 Å². The van der Waals surface area contributed by atoms with Gasteiger partial charge in [0.15, 0.2) is 0 Å². The summed E-state index contributed by atoms with van der Waals surface area (Å²) in [4.78, 5) is 2.19. The van der Waals surface area contributed by atoms with Crippen LogP contribution in [0.3, 0.4) is 0 Å². The van der Waals surface area contributed by atoms with Crippen LogP contribution in [0.2, 0.25) is 0 Å². The monoisotopic (exact) mass is 336 g/mol. The Morgan fingerprint density at radius 2 is 1.89 bits per heavy atom. The van der Waals surface area contributed by atoms with Gasteiger partial charge in [0.1, 0.15) is 0 Å². The highest BCUT2D eigenvalue weighted by molar-refractivity contribution is 9.10. The van der Waals surface area contributed by atoms with Gasteiger partial charge in [-0.2, -0.15) is 13.2 Å². The first kappa shape index (κ1) is 14.8. The summed E-state index contributed by atoms with van der Waals surface area (Å²) in [6.45, 7) is 4.29. The Morgan fingerprint density at radius 1 is 1.21 bits per heavy atom. The van der Waals surface area contributed by atoms with Crippen molar-refractivity contribution in [3.05, 3.63) is 33.8 Å². The van der Waals surface area contributed by atoms with E-state index in [0.717, 1.165) is 32.2 Å². The molecular weight excluding hydrogens is 321 g/mol. The second-order valence-electron chi connectivity index (χ2n) is 4.64. The molecule has 2 rings (SSSR count). The van der Waals surface area contributed by atoms with Crippen LogP contribution in [0.15, 0.2) is 22.7 Å². The lowest BCUT2D eigenvalue weighted by Crippen LogP contribution is -2.44. The summed E-state index contributed by atoms with van der Waals surface area (Å²) in [5.41, 5.74) is -0.161. The molecule has 0 amide bonds. The van der Waals surface area contributed by atoms with Gasteiger partial charge in [-0.25, -0.2) is 0 Å². The molecule has 0 aromatic heterocycles. The number of rotatable bonds is 3. The van der Waals surface area contributed by atoms with E-state index in [1.165, 1.54) is 0 Å². The Hall–Kier alpha value is -0.590. The molecular formula is C13H16BrF3N2. The van der Waals surface area contributed by atoms with Crippen molar-refractivity contribution in [2.24, 2.45) is 0 Å². The Bertz CT molecular complexity index is 428. The van der Waals surface area contributed by atoms with Crippen molar-refractivity contribution < 1.29 is 13.2 Å². The largest absolute Gasteiger partial charge is 0.416 e. The van der Waals surface area contributed by atoms with Crippen molar-refractivity contribution in [2.45, 2.75) is 12.6 Å². The van der Waals surface area contributed by atoms with Gasteiger partial charge in [-0.1, -0.05) is 22.0 Å². The summed E-state index contributed by atoms with van der Waals surface area (Å²) in [6, 6.07) is 4.39. The number of hydrogen-bond acceptors (Lipinski definition) is 2. The van der Waals surface area contributed by atoms with Gasteiger partial charge in [-0.15, -0.1) is 0 Å². The maximum absolute atomic E-state index is 12.9. The smallest absolute Gasteiger partial charge is 0.314 e. The first-order chi connectivity index (χ1) is 8.97. The van der Waals surface area contributed by atoms with Crippen LogP contribution >= 0.6 is 15.9 Å². The Labute approximate surface area is 119 Å². The summed E-state index contributed by atoms with van der Waals surface area (Å²) in [6.07, 6.45) is -3.86. The minimum atomic E-state index is -4.29. The van der Waals surface area contributed by atoms with Gasteiger partial charge in [0, 0.05) is 37.2 Å². The standard InChI is InChI=1S/C13H16BrF3N2/c14-11-2-1-10(12(9-11)13(15,16)17)3-6-19-7-4-18-5-8-19/h1-2,9,18H,3-8H2. The van der Waals surface area contributed by atoms with Crippen LogP contribution in [0.25, 0.3) is 0 Å². The molecule has 0 saturated carbocycles. The van der Waals surface area contributed by atoms with Crippen LogP contribution in [0.5, 0.6) is 0 Å². The molecule has 2 nitrogen and oxygen atoms in total. The van der Waals surface area contributed by atoms with Crippen LogP contribution in [0, 0.1) is 0 Å². The molecule has 1 heterocycles. The van der Waals surface area contributed by atoms with E-state index >= 15 is 0 Å². The molecule has 1 aromatic carbocycles. The van der Waals surface area contributed by atoms with Crippen LogP contribution in [-0.4, -0.2) is 37.6 Å². The molecule has 19 heavy (non-hydrogen) atoms. The number of piperazine rings is 1. The molecule has 1 aliphatic rings. The van der Waals surface area contributed by atoms with Crippen molar-refractivity contribution >= 4 is 15.9 Å². The summed E-state index contributed by atoms with van der Waals surface area (Å²) < 4.78 is 39.3. The SMILES string of the molecule is FC(F)(F)c1cc(Br)ccc1CCN1CCNCC1. The molecule has 0 spiro atoms. The molecule has 0 atom stereocenters. The number of hydrogen-bond donors (Lipinski definition) is 1. The van der Waals surface area contributed by atoms with E-state index in [0.29, 0.717) is 23.0 Å². The van der Waals surface area contributed by atoms with Gasteiger partial charge in [0.25, 0.3) is 0 Å². The molecule has 0 bridgehead atoms. The average molecular weight is 337 g/mol. The normalized spacial score (nSPS) is 17.7. The van der Waals surface area contributed by atoms with Gasteiger partial charge < -0.3 is 10.2 Å². The van der Waals surface area contributed by atoms with Crippen molar-refractivity contribution in [2.75, 3.05) is 32.7 Å². The number of alkyl halides is 3. The molecule has 6 heteroatoms. The van der Waals surface area contributed by atoms with Gasteiger partial charge >= 0.3 is 6.18 Å². The van der Waals surface area contributed by atoms with E-state index in [2.05, 4.69) is 26.1 Å². The summed E-state index contributed by atoms with van der Waals surface area (Å²) in [5.74, 6) is 0. The van der Waals surface area contributed by atoms with Crippen molar-refractivity contribution in [1.29, 1.82) is 0 Å². The van der Waals surface area contributed by atoms with Crippen molar-refractivity contribution in [3.8, 4) is 0 Å². The van der Waals surface area contributed by atoms with Crippen LogP contribution < -0.4 is 5.32 Å². The van der Waals surface area contributed by atoms with Gasteiger partial charge in [0.05, 0.1) is 5.56 Å². The fourth-order valence-electron chi connectivity index (χ4n) is 2.24. The third kappa shape index (κ3) is 4.19. The number of nitrogens with one attached hydrogen (secondary N) is 1. The van der Waals surface area contributed by atoms with Crippen LogP contribution in [0.4, 0.5) is 13.2 Å². The molecule has 1 saturated heterocycles. The molecule has 1 fully saturated rings. The van der Waals surface area contributed by atoms with Crippen LogP contribution in [0.1, 0.15) is 11.1 Å². The van der Waals surface area contributed by atoms with Crippen LogP contribution in [-0.2, 0) is 12.6 Å². The molecule has 1 aliphatic heterocycles. The third-order valence-electron chi connectivity index (χ3n) is 3.28. The minimum Gasteiger partial charge on any atom is -0.314 e. The average Bonchev–Trinajstić information content (AvgIpc) is 2.37. The zero-order valence-corrected chi connectivity index (χ0v) is 12.0. The fourth-order valence-corrected chi connectivity index (χ4v) is 2.60. The highest BCUT2D eigenvalue weighted by atomic mass is 79.9. The van der Waals surface area contributed by atoms with E-state index in [1.807, 2.05) is 0 Å². The first-order valence-electron chi connectivity index (χ1n) is 6.25. The van der Waals surface area contributed by atoms with E-state index < -0.39 is 11.7 Å². The van der Waals surface area contributed by atoms with Gasteiger partial charge in [-0.3, -0.25) is 0 Å². The molecule has 1 N–H and O–H groups in total. The zero-order chi connectivity index (χ0) is 13.9. The Kier molecular flexibility index (Phi) is 4.86. The second kappa shape index (κ2) is 6.24. The number of benzene rings is 1. The van der Waals surface area contributed by atoms with E-state index in [9.17, 15) is 13.2 Å². The maximum atomic E-state index is 12.9. The zero-order valence-electron chi connectivity index (χ0n) is 10.4. The molecule has 0 radical (unpaired) electrons. The summed E-state index contributed by atoms with van der Waals surface area (Å²) in [5, 5.41) is 3.23. The lowest BCUT2D eigenvalue weighted by Gasteiger charge is -2.27. The number of nitrogens with zero attached hydrogens (tertiary/aromatic N) is 1. The summed E-state index contributed by atoms with van der Waals surface area (Å²) in [7, 11) is 0. The third-order valence-corrected chi connectivity index (χ3v) is 3.78.